The number of fused-ring (bicyclic) bond motifs is 1. The Morgan fingerprint density at radius 3 is 2.30 bits per heavy atom. The van der Waals surface area contributed by atoms with Gasteiger partial charge in [-0.25, -0.2) is 9.18 Å². The zero-order valence-electron chi connectivity index (χ0n) is 25.0. The second-order valence-electron chi connectivity index (χ2n) is 11.1. The van der Waals surface area contributed by atoms with E-state index in [0.717, 1.165) is 5.56 Å². The topological polar surface area (TPSA) is 109 Å². The quantitative estimate of drug-likeness (QED) is 0.212. The van der Waals surface area contributed by atoms with Crippen molar-refractivity contribution in [1.29, 1.82) is 5.41 Å². The number of hydrogen-bond donors (Lipinski definition) is 2. The molecular weight excluding hydrogens is 619 g/mol. The molecule has 0 saturated carbocycles. The average Bonchev–Trinajstić information content (AvgIpc) is 3.25. The fourth-order valence-corrected chi connectivity index (χ4v) is 4.98. The highest BCUT2D eigenvalue weighted by Crippen LogP contribution is 2.39. The molecule has 2 N–H and O–H groups in total. The summed E-state index contributed by atoms with van der Waals surface area (Å²) in [6, 6.07) is 15.9. The Kier molecular flexibility index (Phi) is 11.0. The third-order valence-electron chi connectivity index (χ3n) is 7.02. The summed E-state index contributed by atoms with van der Waals surface area (Å²) in [6.45, 7) is 10.0. The molecule has 43 heavy (non-hydrogen) atoms. The smallest absolute Gasteiger partial charge is 0.345 e. The van der Waals surface area contributed by atoms with Crippen molar-refractivity contribution in [2.75, 3.05) is 19.8 Å². The van der Waals surface area contributed by atoms with Gasteiger partial charge in [0, 0.05) is 24.1 Å². The van der Waals surface area contributed by atoms with E-state index in [4.69, 9.17) is 19.6 Å². The predicted octanol–water partition coefficient (Wildman–Crippen LogP) is 6.60. The zero-order chi connectivity index (χ0) is 30.6. The Morgan fingerprint density at radius 1 is 1.02 bits per heavy atom. The van der Waals surface area contributed by atoms with Gasteiger partial charge in [0.25, 0.3) is 0 Å². The molecule has 0 saturated heterocycles. The molecule has 8 nitrogen and oxygen atoms in total. The van der Waals surface area contributed by atoms with E-state index in [1.54, 1.807) is 38.1 Å². The summed E-state index contributed by atoms with van der Waals surface area (Å²) in [5.41, 5.74) is 2.09. The van der Waals surface area contributed by atoms with Gasteiger partial charge in [-0.05, 0) is 54.7 Å². The van der Waals surface area contributed by atoms with E-state index in [0.29, 0.717) is 29.0 Å². The molecule has 3 aromatic carbocycles. The minimum absolute atomic E-state index is 0. The first kappa shape index (κ1) is 33.6. The third-order valence-corrected chi connectivity index (χ3v) is 7.02. The van der Waals surface area contributed by atoms with Crippen molar-refractivity contribution in [3.05, 3.63) is 88.2 Å². The van der Waals surface area contributed by atoms with Crippen LogP contribution in [0, 0.1) is 11.2 Å². The van der Waals surface area contributed by atoms with Gasteiger partial charge in [0.15, 0.2) is 29.2 Å². The number of carboxylic acids is 1. The maximum Gasteiger partial charge on any atom is 0.345 e. The minimum atomic E-state index is -1.11. The number of ether oxygens (including phenoxy) is 3. The first-order valence-electron chi connectivity index (χ1n) is 14.0. The minimum Gasteiger partial charge on any atom is -0.490 e. The number of amidine groups is 1. The van der Waals surface area contributed by atoms with Gasteiger partial charge < -0.3 is 24.2 Å². The largest absolute Gasteiger partial charge is 0.490 e. The maximum atomic E-state index is 15.4. The van der Waals surface area contributed by atoms with Gasteiger partial charge in [-0.3, -0.25) is 10.2 Å². The molecular formula is C33H38BrFN2O6. The lowest BCUT2D eigenvalue weighted by Gasteiger charge is -2.26. The van der Waals surface area contributed by atoms with E-state index in [1.165, 1.54) is 4.90 Å². The van der Waals surface area contributed by atoms with Crippen molar-refractivity contribution in [2.24, 2.45) is 0 Å². The Balaban J connectivity index is 0.00000506. The van der Waals surface area contributed by atoms with Gasteiger partial charge in [0.1, 0.15) is 11.6 Å². The number of halogens is 2. The van der Waals surface area contributed by atoms with Gasteiger partial charge in [0.2, 0.25) is 0 Å². The number of nitrogens with zero attached hydrogens (tertiary/aromatic N) is 1. The van der Waals surface area contributed by atoms with Gasteiger partial charge in [-0.15, -0.1) is 17.0 Å². The van der Waals surface area contributed by atoms with Crippen LogP contribution in [0.3, 0.4) is 0 Å². The Bertz CT molecular complexity index is 1490. The number of rotatable bonds is 12. The first-order valence-corrected chi connectivity index (χ1v) is 14.0. The van der Waals surface area contributed by atoms with Crippen LogP contribution in [0.1, 0.15) is 67.2 Å². The summed E-state index contributed by atoms with van der Waals surface area (Å²) in [6.07, 6.45) is -0.929. The fourth-order valence-electron chi connectivity index (χ4n) is 4.98. The van der Waals surface area contributed by atoms with Crippen molar-refractivity contribution in [3.63, 3.8) is 0 Å². The molecule has 0 aliphatic carbocycles. The zero-order valence-corrected chi connectivity index (χ0v) is 26.7. The Hall–Kier alpha value is -3.92. The SMILES string of the molecule is Br.CCOc1cc2c(c(F)c1OCC)C(=N)N(CC(=O)c1ccc(OC(Cc3ccccc3)C(=O)O)c(C(C)(C)C)c1)C2. The summed E-state index contributed by atoms with van der Waals surface area (Å²) in [7, 11) is 0. The van der Waals surface area contributed by atoms with Crippen molar-refractivity contribution in [1.82, 2.24) is 4.90 Å². The van der Waals surface area contributed by atoms with Gasteiger partial charge >= 0.3 is 5.97 Å². The lowest BCUT2D eigenvalue weighted by molar-refractivity contribution is -0.145. The molecule has 0 spiro atoms. The monoisotopic (exact) mass is 656 g/mol. The summed E-state index contributed by atoms with van der Waals surface area (Å²) in [5, 5.41) is 18.5. The summed E-state index contributed by atoms with van der Waals surface area (Å²) < 4.78 is 32.5. The number of hydrogen-bond acceptors (Lipinski definition) is 6. The summed E-state index contributed by atoms with van der Waals surface area (Å²) in [4.78, 5) is 27.0. The van der Waals surface area contributed by atoms with Crippen molar-refractivity contribution >= 4 is 34.6 Å². The predicted molar refractivity (Wildman–Crippen MR) is 168 cm³/mol. The van der Waals surface area contributed by atoms with Crippen LogP contribution in [0.25, 0.3) is 0 Å². The van der Waals surface area contributed by atoms with Gasteiger partial charge in [0.05, 0.1) is 25.3 Å². The highest BCUT2D eigenvalue weighted by atomic mass is 79.9. The molecule has 0 aromatic heterocycles. The van der Waals surface area contributed by atoms with Crippen LogP contribution in [0.2, 0.25) is 0 Å². The average molecular weight is 658 g/mol. The number of nitrogens with one attached hydrogen (secondary N) is 1. The van der Waals surface area contributed by atoms with Crippen LogP contribution in [-0.4, -0.2) is 53.5 Å². The van der Waals surface area contributed by atoms with Crippen LogP contribution in [-0.2, 0) is 23.2 Å². The molecule has 1 atom stereocenters. The maximum absolute atomic E-state index is 15.4. The van der Waals surface area contributed by atoms with E-state index in [1.807, 2.05) is 51.1 Å². The standard InChI is InChI=1S/C33H37FN2O6.BrH/c1-6-40-26-17-22-18-36(31(35)28(22)29(34)30(26)41-7-2)19-24(37)21-13-14-25(23(16-21)33(3,4)5)42-27(32(38)39)15-20-11-9-8-10-12-20;/h8-14,16-17,27,35H,6-7,15,18-19H2,1-5H3,(H,38,39);1H. The number of carboxylic acid groups (broad SMARTS) is 1. The molecule has 1 unspecified atom stereocenters. The number of ketones is 1. The highest BCUT2D eigenvalue weighted by Gasteiger charge is 2.33. The second kappa shape index (κ2) is 14.0. The van der Waals surface area contributed by atoms with Crippen LogP contribution in [0.5, 0.6) is 17.2 Å². The van der Waals surface area contributed by atoms with Crippen LogP contribution in [0.15, 0.2) is 54.6 Å². The summed E-state index contributed by atoms with van der Waals surface area (Å²) in [5.74, 6) is -1.49. The Labute approximate surface area is 262 Å². The first-order chi connectivity index (χ1) is 19.9. The number of Topliss-reactive ketones (excluding diaryl/α,β-unsaturated/α-hetero) is 1. The fraction of sp³-hybridized carbons (Fsp3) is 0.364. The number of carbonyl (C=O) groups excluding carboxylic acids is 1. The molecule has 4 rings (SSSR count). The number of aliphatic carboxylic acids is 1. The molecule has 0 bridgehead atoms. The molecule has 0 fully saturated rings. The van der Waals surface area contributed by atoms with E-state index >= 15 is 4.39 Å². The summed E-state index contributed by atoms with van der Waals surface area (Å²) >= 11 is 0. The Morgan fingerprint density at radius 2 is 1.70 bits per heavy atom. The molecule has 3 aromatic rings. The van der Waals surface area contributed by atoms with E-state index in [-0.39, 0.29) is 71.8 Å². The lowest BCUT2D eigenvalue weighted by Crippen LogP contribution is -2.31. The molecule has 1 aliphatic heterocycles. The van der Waals surface area contributed by atoms with E-state index < -0.39 is 23.3 Å². The third kappa shape index (κ3) is 7.54. The molecule has 0 amide bonds. The van der Waals surface area contributed by atoms with Crippen molar-refractivity contribution in [2.45, 2.75) is 59.1 Å². The van der Waals surface area contributed by atoms with Gasteiger partial charge in [-0.2, -0.15) is 0 Å². The van der Waals surface area contributed by atoms with E-state index in [9.17, 15) is 14.7 Å². The molecule has 1 heterocycles. The second-order valence-corrected chi connectivity index (χ2v) is 11.1. The van der Waals surface area contributed by atoms with E-state index in [2.05, 4.69) is 0 Å². The molecule has 230 valence electrons. The van der Waals surface area contributed by atoms with Crippen LogP contribution < -0.4 is 14.2 Å². The van der Waals surface area contributed by atoms with Crippen molar-refractivity contribution < 1.29 is 33.3 Å². The molecule has 1 aliphatic rings. The van der Waals surface area contributed by atoms with Crippen molar-refractivity contribution in [3.8, 4) is 17.2 Å². The van der Waals surface area contributed by atoms with Crippen LogP contribution >= 0.6 is 17.0 Å². The molecule has 0 radical (unpaired) electrons. The van der Waals surface area contributed by atoms with Gasteiger partial charge in [-0.1, -0.05) is 51.1 Å². The van der Waals surface area contributed by atoms with Crippen LogP contribution in [0.4, 0.5) is 4.39 Å². The highest BCUT2D eigenvalue weighted by molar-refractivity contribution is 8.93. The normalized spacial score (nSPS) is 13.2. The number of benzene rings is 3. The lowest BCUT2D eigenvalue weighted by atomic mass is 9.85. The number of carbonyl (C=O) groups is 2. The molecule has 10 heteroatoms.